The molecular formula is C24H17ClN2O3. The maximum absolute atomic E-state index is 13.0. The number of fused-ring (bicyclic) bond motifs is 1. The van der Waals surface area contributed by atoms with Crippen LogP contribution in [0.5, 0.6) is 0 Å². The molecule has 0 unspecified atom stereocenters. The van der Waals surface area contributed by atoms with Gasteiger partial charge in [-0.15, -0.1) is 0 Å². The van der Waals surface area contributed by atoms with Gasteiger partial charge >= 0.3 is 0 Å². The fraction of sp³-hybridized carbons (Fsp3) is 0.0417. The lowest BCUT2D eigenvalue weighted by Crippen LogP contribution is -2.36. The predicted molar refractivity (Wildman–Crippen MR) is 118 cm³/mol. The van der Waals surface area contributed by atoms with Crippen LogP contribution in [0.25, 0.3) is 6.08 Å². The van der Waals surface area contributed by atoms with Crippen molar-refractivity contribution in [1.29, 1.82) is 0 Å². The van der Waals surface area contributed by atoms with Crippen molar-refractivity contribution in [1.82, 2.24) is 0 Å². The Morgan fingerprint density at radius 2 is 1.50 bits per heavy atom. The van der Waals surface area contributed by atoms with Crippen molar-refractivity contribution in [2.24, 2.45) is 0 Å². The number of rotatable bonds is 3. The van der Waals surface area contributed by atoms with Gasteiger partial charge in [0.25, 0.3) is 5.91 Å². The number of hydrogen-bond acceptors (Lipinski definition) is 3. The van der Waals surface area contributed by atoms with Crippen LogP contribution < -0.4 is 9.80 Å². The Balaban J connectivity index is 1.80. The lowest BCUT2D eigenvalue weighted by atomic mass is 10.2. The molecule has 4 rings (SSSR count). The highest BCUT2D eigenvalue weighted by atomic mass is 35.5. The third-order valence-electron chi connectivity index (χ3n) is 4.67. The third-order valence-corrected chi connectivity index (χ3v) is 4.91. The first-order valence-corrected chi connectivity index (χ1v) is 9.70. The van der Waals surface area contributed by atoms with E-state index in [0.29, 0.717) is 22.1 Å². The summed E-state index contributed by atoms with van der Waals surface area (Å²) in [6, 6.07) is 23.0. The fourth-order valence-corrected chi connectivity index (χ4v) is 3.50. The normalized spacial score (nSPS) is 14.0. The number of hydrogen-bond donors (Lipinski definition) is 0. The molecule has 6 heteroatoms. The summed E-state index contributed by atoms with van der Waals surface area (Å²) in [4.78, 5) is 41.3. The fourth-order valence-electron chi connectivity index (χ4n) is 3.33. The Morgan fingerprint density at radius 1 is 0.833 bits per heavy atom. The predicted octanol–water partition coefficient (Wildman–Crippen LogP) is 4.98. The van der Waals surface area contributed by atoms with Gasteiger partial charge in [-0.1, -0.05) is 60.1 Å². The van der Waals surface area contributed by atoms with Crippen LogP contribution in [0.1, 0.15) is 12.0 Å². The van der Waals surface area contributed by atoms with Crippen LogP contribution in [0.3, 0.4) is 0 Å². The molecule has 0 bridgehead atoms. The van der Waals surface area contributed by atoms with Gasteiger partial charge in [0.2, 0.25) is 11.8 Å². The standard InChI is InChI=1S/C24H17ClN2O3/c25-18-12-13-20-21(15-18)26(19-9-5-2-6-10-19)23(29)16-24(30)27(20)22(28)14-11-17-7-3-1-4-8-17/h1-15H,16H2/b14-11+. The quantitative estimate of drug-likeness (QED) is 0.447. The first-order valence-electron chi connectivity index (χ1n) is 9.32. The zero-order valence-corrected chi connectivity index (χ0v) is 16.6. The van der Waals surface area contributed by atoms with Crippen LogP contribution in [0.4, 0.5) is 17.1 Å². The molecule has 0 aliphatic carbocycles. The molecule has 0 radical (unpaired) electrons. The summed E-state index contributed by atoms with van der Waals surface area (Å²) >= 11 is 6.19. The van der Waals surface area contributed by atoms with Crippen molar-refractivity contribution >= 4 is 52.5 Å². The van der Waals surface area contributed by atoms with Crippen molar-refractivity contribution in [2.45, 2.75) is 6.42 Å². The average Bonchev–Trinajstić information content (AvgIpc) is 2.86. The largest absolute Gasteiger partial charge is 0.278 e. The molecule has 148 valence electrons. The number of carbonyl (C=O) groups is 3. The van der Waals surface area contributed by atoms with E-state index in [2.05, 4.69) is 0 Å². The number of para-hydroxylation sites is 1. The highest BCUT2D eigenvalue weighted by Crippen LogP contribution is 2.39. The molecule has 0 aromatic heterocycles. The van der Waals surface area contributed by atoms with Crippen LogP contribution in [-0.2, 0) is 14.4 Å². The number of benzene rings is 3. The van der Waals surface area contributed by atoms with E-state index in [1.807, 2.05) is 36.4 Å². The van der Waals surface area contributed by atoms with Crippen LogP contribution >= 0.6 is 11.6 Å². The SMILES string of the molecule is O=C(/C=C/c1ccccc1)N1C(=O)CC(=O)N(c2ccccc2)c2cc(Cl)ccc21. The van der Waals surface area contributed by atoms with E-state index >= 15 is 0 Å². The number of halogens is 1. The van der Waals surface area contributed by atoms with Crippen molar-refractivity contribution < 1.29 is 14.4 Å². The molecule has 1 heterocycles. The monoisotopic (exact) mass is 416 g/mol. The number of anilines is 3. The van der Waals surface area contributed by atoms with E-state index < -0.39 is 24.1 Å². The number of amides is 3. The van der Waals surface area contributed by atoms with Gasteiger partial charge in [-0.3, -0.25) is 19.3 Å². The van der Waals surface area contributed by atoms with Crippen LogP contribution in [0.2, 0.25) is 5.02 Å². The molecule has 0 atom stereocenters. The van der Waals surface area contributed by atoms with E-state index in [0.717, 1.165) is 10.5 Å². The summed E-state index contributed by atoms with van der Waals surface area (Å²) in [5.74, 6) is -1.56. The van der Waals surface area contributed by atoms with Crippen molar-refractivity contribution in [2.75, 3.05) is 9.80 Å². The second-order valence-corrected chi connectivity index (χ2v) is 7.12. The summed E-state index contributed by atoms with van der Waals surface area (Å²) < 4.78 is 0. The van der Waals surface area contributed by atoms with E-state index in [1.54, 1.807) is 48.5 Å². The average molecular weight is 417 g/mol. The van der Waals surface area contributed by atoms with Crippen molar-refractivity contribution in [3.63, 3.8) is 0 Å². The molecule has 1 aliphatic heterocycles. The van der Waals surface area contributed by atoms with Crippen molar-refractivity contribution in [3.05, 3.63) is 95.5 Å². The Labute approximate surface area is 178 Å². The molecule has 0 spiro atoms. The van der Waals surface area contributed by atoms with E-state index in [1.165, 1.54) is 11.0 Å². The van der Waals surface area contributed by atoms with Crippen LogP contribution in [0, 0.1) is 0 Å². The summed E-state index contributed by atoms with van der Waals surface area (Å²) in [5.41, 5.74) is 2.10. The first kappa shape index (κ1) is 19.6. The Hall–Kier alpha value is -3.70. The second kappa shape index (κ2) is 8.35. The Morgan fingerprint density at radius 3 is 2.20 bits per heavy atom. The molecule has 3 aromatic carbocycles. The molecule has 3 amide bonds. The van der Waals surface area contributed by atoms with Gasteiger partial charge in [0.05, 0.1) is 11.4 Å². The minimum atomic E-state index is -0.593. The molecule has 3 aromatic rings. The van der Waals surface area contributed by atoms with E-state index in [9.17, 15) is 14.4 Å². The van der Waals surface area contributed by atoms with Crippen LogP contribution in [-0.4, -0.2) is 17.7 Å². The third kappa shape index (κ3) is 3.88. The number of carbonyl (C=O) groups excluding carboxylic acids is 3. The van der Waals surface area contributed by atoms with Gasteiger partial charge in [0, 0.05) is 16.8 Å². The Bertz CT molecular complexity index is 1140. The van der Waals surface area contributed by atoms with Gasteiger partial charge < -0.3 is 0 Å². The maximum Gasteiger partial charge on any atom is 0.257 e. The minimum Gasteiger partial charge on any atom is -0.278 e. The van der Waals surface area contributed by atoms with E-state index in [4.69, 9.17) is 11.6 Å². The molecular weight excluding hydrogens is 400 g/mol. The van der Waals surface area contributed by atoms with Gasteiger partial charge in [0.15, 0.2) is 0 Å². The number of imide groups is 1. The van der Waals surface area contributed by atoms with Crippen molar-refractivity contribution in [3.8, 4) is 0 Å². The summed E-state index contributed by atoms with van der Waals surface area (Å²) in [6.45, 7) is 0. The topological polar surface area (TPSA) is 57.7 Å². The lowest BCUT2D eigenvalue weighted by Gasteiger charge is -2.24. The molecule has 1 aliphatic rings. The summed E-state index contributed by atoms with van der Waals surface area (Å²) in [5, 5.41) is 0.393. The molecule has 0 saturated heterocycles. The second-order valence-electron chi connectivity index (χ2n) is 6.69. The highest BCUT2D eigenvalue weighted by Gasteiger charge is 2.35. The Kier molecular flexibility index (Phi) is 5.46. The first-order chi connectivity index (χ1) is 14.5. The zero-order chi connectivity index (χ0) is 21.1. The van der Waals surface area contributed by atoms with Gasteiger partial charge in [-0.25, -0.2) is 4.90 Å². The maximum atomic E-state index is 13.0. The zero-order valence-electron chi connectivity index (χ0n) is 15.9. The van der Waals surface area contributed by atoms with Crippen LogP contribution in [0.15, 0.2) is 84.9 Å². The highest BCUT2D eigenvalue weighted by molar-refractivity contribution is 6.33. The summed E-state index contributed by atoms with van der Waals surface area (Å²) in [6.07, 6.45) is 2.52. The van der Waals surface area contributed by atoms with Gasteiger partial charge in [-0.05, 0) is 42.0 Å². The molecule has 0 N–H and O–H groups in total. The smallest absolute Gasteiger partial charge is 0.257 e. The molecule has 0 saturated carbocycles. The van der Waals surface area contributed by atoms with Gasteiger partial charge in [-0.2, -0.15) is 0 Å². The number of nitrogens with zero attached hydrogens (tertiary/aromatic N) is 2. The molecule has 30 heavy (non-hydrogen) atoms. The molecule has 0 fully saturated rings. The molecule has 5 nitrogen and oxygen atoms in total. The van der Waals surface area contributed by atoms with Gasteiger partial charge in [0.1, 0.15) is 6.42 Å². The van der Waals surface area contributed by atoms with E-state index in [-0.39, 0.29) is 0 Å². The lowest BCUT2D eigenvalue weighted by molar-refractivity contribution is -0.127. The minimum absolute atomic E-state index is 0.307. The summed E-state index contributed by atoms with van der Waals surface area (Å²) in [7, 11) is 0.